The fourth-order valence-corrected chi connectivity index (χ4v) is 2.67. The Kier molecular flexibility index (Phi) is 3.96. The van der Waals surface area contributed by atoms with Gasteiger partial charge in [-0.25, -0.2) is 13.6 Å². The molecule has 112 valence electrons. The Balaban J connectivity index is 2.18. The summed E-state index contributed by atoms with van der Waals surface area (Å²) in [6.07, 6.45) is 2.95. The fraction of sp³-hybridized carbons (Fsp3) is 0.167. The summed E-state index contributed by atoms with van der Waals surface area (Å²) in [6.45, 7) is 1.54. The number of aromatic nitrogens is 2. The first-order valence-electron chi connectivity index (χ1n) is 5.97. The fourth-order valence-electron chi connectivity index (χ4n) is 1.86. The predicted octanol–water partition coefficient (Wildman–Crippen LogP) is 0.0598. The number of nitrogen functional groups attached to an aromatic ring is 1. The Bertz CT molecular complexity index is 782. The Morgan fingerprint density at radius 2 is 2.14 bits per heavy atom. The van der Waals surface area contributed by atoms with Crippen molar-refractivity contribution in [3.8, 4) is 0 Å². The summed E-state index contributed by atoms with van der Waals surface area (Å²) in [5.41, 5.74) is 6.72. The quantitative estimate of drug-likeness (QED) is 0.734. The maximum absolute atomic E-state index is 11.9. The maximum atomic E-state index is 11.9. The molecular weight excluding hydrogens is 294 g/mol. The van der Waals surface area contributed by atoms with Gasteiger partial charge < -0.3 is 11.1 Å². The summed E-state index contributed by atoms with van der Waals surface area (Å²) >= 11 is 0. The van der Waals surface area contributed by atoms with Crippen LogP contribution in [0.5, 0.6) is 0 Å². The van der Waals surface area contributed by atoms with E-state index in [-0.39, 0.29) is 17.3 Å². The Labute approximate surface area is 121 Å². The zero-order valence-corrected chi connectivity index (χ0v) is 12.1. The Morgan fingerprint density at radius 1 is 1.43 bits per heavy atom. The molecule has 0 saturated carbocycles. The minimum atomic E-state index is -3.83. The van der Waals surface area contributed by atoms with E-state index in [0.717, 1.165) is 0 Å². The molecule has 9 heteroatoms. The number of nitrogens with two attached hydrogens (primary N) is 2. The van der Waals surface area contributed by atoms with Crippen molar-refractivity contribution in [3.05, 3.63) is 36.2 Å². The zero-order chi connectivity index (χ0) is 15.6. The number of rotatable bonds is 4. The second-order valence-electron chi connectivity index (χ2n) is 4.49. The molecule has 5 N–H and O–H groups in total. The van der Waals surface area contributed by atoms with Gasteiger partial charge in [0.15, 0.2) is 0 Å². The second kappa shape index (κ2) is 5.54. The lowest BCUT2D eigenvalue weighted by Gasteiger charge is -2.11. The van der Waals surface area contributed by atoms with E-state index in [9.17, 15) is 13.2 Å². The summed E-state index contributed by atoms with van der Waals surface area (Å²) in [7, 11) is -3.83. The molecule has 0 unspecified atom stereocenters. The van der Waals surface area contributed by atoms with Gasteiger partial charge in [0.25, 0.3) is 0 Å². The van der Waals surface area contributed by atoms with Crippen LogP contribution in [0.2, 0.25) is 0 Å². The summed E-state index contributed by atoms with van der Waals surface area (Å²) in [5, 5.41) is 11.6. The highest BCUT2D eigenvalue weighted by Crippen LogP contribution is 2.21. The normalized spacial score (nSPS) is 11.3. The molecule has 1 aromatic carbocycles. The van der Waals surface area contributed by atoms with Crippen LogP contribution in [0.25, 0.3) is 0 Å². The summed E-state index contributed by atoms with van der Waals surface area (Å²) < 4.78 is 24.2. The second-order valence-corrected chi connectivity index (χ2v) is 6.02. The van der Waals surface area contributed by atoms with Crippen LogP contribution in [0.15, 0.2) is 35.5 Å². The molecule has 1 amide bonds. The molecule has 0 fully saturated rings. The van der Waals surface area contributed by atoms with Crippen molar-refractivity contribution in [2.75, 3.05) is 11.1 Å². The van der Waals surface area contributed by atoms with Crippen LogP contribution < -0.4 is 16.2 Å². The molecule has 0 aliphatic rings. The molecule has 0 radical (unpaired) electrons. The van der Waals surface area contributed by atoms with Crippen molar-refractivity contribution >= 4 is 27.3 Å². The van der Waals surface area contributed by atoms with Crippen LogP contribution in [-0.4, -0.2) is 24.1 Å². The third kappa shape index (κ3) is 3.58. The largest absolute Gasteiger partial charge is 0.396 e. The van der Waals surface area contributed by atoms with E-state index in [2.05, 4.69) is 10.4 Å². The lowest BCUT2D eigenvalue weighted by Crippen LogP contribution is -2.20. The maximum Gasteiger partial charge on any atom is 0.246 e. The summed E-state index contributed by atoms with van der Waals surface area (Å²) in [5.74, 6) is -0.354. The van der Waals surface area contributed by atoms with Gasteiger partial charge in [0.1, 0.15) is 6.54 Å². The van der Waals surface area contributed by atoms with Crippen molar-refractivity contribution in [1.82, 2.24) is 9.78 Å². The number of hydrogen-bond donors (Lipinski definition) is 3. The van der Waals surface area contributed by atoms with Gasteiger partial charge in [-0.05, 0) is 24.6 Å². The Morgan fingerprint density at radius 3 is 2.71 bits per heavy atom. The first kappa shape index (κ1) is 15.0. The molecule has 2 rings (SSSR count). The van der Waals surface area contributed by atoms with Crippen LogP contribution in [0.1, 0.15) is 5.56 Å². The molecule has 1 heterocycles. The molecule has 21 heavy (non-hydrogen) atoms. The molecule has 0 spiro atoms. The molecule has 0 atom stereocenters. The number of nitrogens with zero attached hydrogens (tertiary/aromatic N) is 2. The molecule has 2 aromatic rings. The number of carbonyl (C=O) groups is 1. The van der Waals surface area contributed by atoms with Crippen LogP contribution in [0.3, 0.4) is 0 Å². The minimum Gasteiger partial charge on any atom is -0.396 e. The number of anilines is 2. The number of primary sulfonamides is 1. The summed E-state index contributed by atoms with van der Waals surface area (Å²) in [4.78, 5) is 11.9. The first-order valence-corrected chi connectivity index (χ1v) is 7.52. The number of benzene rings is 1. The van der Waals surface area contributed by atoms with Gasteiger partial charge in [-0.1, -0.05) is 6.07 Å². The molecule has 8 nitrogen and oxygen atoms in total. The number of hydrogen-bond acceptors (Lipinski definition) is 5. The van der Waals surface area contributed by atoms with Gasteiger partial charge in [0.2, 0.25) is 15.9 Å². The van der Waals surface area contributed by atoms with Gasteiger partial charge in [-0.2, -0.15) is 5.10 Å². The number of sulfonamides is 1. The highest BCUT2D eigenvalue weighted by atomic mass is 32.2. The smallest absolute Gasteiger partial charge is 0.246 e. The molecule has 0 saturated heterocycles. The lowest BCUT2D eigenvalue weighted by molar-refractivity contribution is -0.116. The van der Waals surface area contributed by atoms with Crippen LogP contribution in [-0.2, 0) is 21.4 Å². The van der Waals surface area contributed by atoms with E-state index in [0.29, 0.717) is 16.9 Å². The predicted molar refractivity (Wildman–Crippen MR) is 77.8 cm³/mol. The van der Waals surface area contributed by atoms with Crippen molar-refractivity contribution < 1.29 is 13.2 Å². The van der Waals surface area contributed by atoms with Crippen molar-refractivity contribution in [2.24, 2.45) is 5.14 Å². The van der Waals surface area contributed by atoms with Gasteiger partial charge in [-0.3, -0.25) is 9.48 Å². The first-order chi connectivity index (χ1) is 9.77. The van der Waals surface area contributed by atoms with Crippen molar-refractivity contribution in [3.63, 3.8) is 0 Å². The highest BCUT2D eigenvalue weighted by Gasteiger charge is 2.15. The van der Waals surface area contributed by atoms with E-state index < -0.39 is 10.0 Å². The number of nitrogens with one attached hydrogen (secondary N) is 1. The monoisotopic (exact) mass is 309 g/mol. The van der Waals surface area contributed by atoms with Gasteiger partial charge in [-0.15, -0.1) is 0 Å². The average Bonchev–Trinajstić information content (AvgIpc) is 2.75. The van der Waals surface area contributed by atoms with E-state index in [1.807, 2.05) is 0 Å². The molecular formula is C12H15N5O3S. The molecule has 0 aliphatic carbocycles. The Hall–Kier alpha value is -2.39. The molecule has 1 aromatic heterocycles. The topological polar surface area (TPSA) is 133 Å². The summed E-state index contributed by atoms with van der Waals surface area (Å²) in [6, 6.07) is 4.49. The van der Waals surface area contributed by atoms with Crippen molar-refractivity contribution in [1.29, 1.82) is 0 Å². The van der Waals surface area contributed by atoms with E-state index >= 15 is 0 Å². The standard InChI is InChI=1S/C12H15N5O3S/c1-8-10(3-2-4-11(8)21(14,19)20)16-12(18)7-17-6-9(13)5-15-17/h2-6H,7,13H2,1H3,(H,16,18)(H2,14,19,20). The molecule has 0 aliphatic heterocycles. The van der Waals surface area contributed by atoms with Crippen LogP contribution in [0.4, 0.5) is 11.4 Å². The minimum absolute atomic E-state index is 0.0244. The van der Waals surface area contributed by atoms with Crippen LogP contribution >= 0.6 is 0 Å². The van der Waals surface area contributed by atoms with Crippen molar-refractivity contribution in [2.45, 2.75) is 18.4 Å². The van der Waals surface area contributed by atoms with Gasteiger partial charge >= 0.3 is 0 Å². The SMILES string of the molecule is Cc1c(NC(=O)Cn2cc(N)cn2)cccc1S(N)(=O)=O. The van der Waals surface area contributed by atoms with Crippen LogP contribution in [0, 0.1) is 6.92 Å². The third-order valence-electron chi connectivity index (χ3n) is 2.82. The third-order valence-corrected chi connectivity index (χ3v) is 3.88. The number of carbonyl (C=O) groups excluding carboxylic acids is 1. The average molecular weight is 309 g/mol. The highest BCUT2D eigenvalue weighted by molar-refractivity contribution is 7.89. The van der Waals surface area contributed by atoms with Gasteiger partial charge in [0.05, 0.1) is 16.8 Å². The van der Waals surface area contributed by atoms with E-state index in [4.69, 9.17) is 10.9 Å². The lowest BCUT2D eigenvalue weighted by atomic mass is 10.2. The van der Waals surface area contributed by atoms with Gasteiger partial charge in [0, 0.05) is 11.9 Å². The van der Waals surface area contributed by atoms with E-state index in [1.165, 1.54) is 29.2 Å². The van der Waals surface area contributed by atoms with E-state index in [1.54, 1.807) is 13.0 Å². The zero-order valence-electron chi connectivity index (χ0n) is 11.3. The molecule has 0 bridgehead atoms. The number of amides is 1.